The van der Waals surface area contributed by atoms with Gasteiger partial charge in [0.15, 0.2) is 0 Å². The van der Waals surface area contributed by atoms with Crippen molar-refractivity contribution in [2.45, 2.75) is 25.8 Å². The summed E-state index contributed by atoms with van der Waals surface area (Å²) in [7, 11) is 0. The van der Waals surface area contributed by atoms with Crippen LogP contribution >= 0.6 is 12.4 Å². The first-order valence-electron chi connectivity index (χ1n) is 9.68. The van der Waals surface area contributed by atoms with E-state index >= 15 is 0 Å². The van der Waals surface area contributed by atoms with E-state index in [0.717, 1.165) is 17.5 Å². The molecule has 29 heavy (non-hydrogen) atoms. The van der Waals surface area contributed by atoms with Gasteiger partial charge in [-0.3, -0.25) is 9.59 Å². The Bertz CT molecular complexity index is 854. The van der Waals surface area contributed by atoms with Gasteiger partial charge in [0.2, 0.25) is 11.8 Å². The Hall–Kier alpha value is -2.63. The van der Waals surface area contributed by atoms with Gasteiger partial charge in [0.25, 0.3) is 0 Å². The fourth-order valence-corrected chi connectivity index (χ4v) is 3.63. The molecule has 0 saturated heterocycles. The minimum absolute atomic E-state index is 0. The molecular weight excluding hydrogens is 386 g/mol. The van der Waals surface area contributed by atoms with Crippen LogP contribution in [-0.4, -0.2) is 41.2 Å². The van der Waals surface area contributed by atoms with Crippen molar-refractivity contribution in [3.05, 3.63) is 77.5 Å². The van der Waals surface area contributed by atoms with Crippen molar-refractivity contribution >= 4 is 30.3 Å². The van der Waals surface area contributed by atoms with E-state index in [-0.39, 0.29) is 36.7 Å². The van der Waals surface area contributed by atoms with E-state index in [2.05, 4.69) is 12.1 Å². The van der Waals surface area contributed by atoms with Crippen molar-refractivity contribution < 1.29 is 9.59 Å². The summed E-state index contributed by atoms with van der Waals surface area (Å²) in [6.45, 7) is 3.07. The van der Waals surface area contributed by atoms with E-state index in [9.17, 15) is 9.59 Å². The highest BCUT2D eigenvalue weighted by Gasteiger charge is 2.29. The molecule has 0 fully saturated rings. The van der Waals surface area contributed by atoms with Crippen LogP contribution in [0.25, 0.3) is 6.08 Å². The first-order valence-corrected chi connectivity index (χ1v) is 9.68. The number of carbonyl (C=O) groups excluding carboxylic acids is 2. The lowest BCUT2D eigenvalue weighted by atomic mass is 9.93. The number of carbonyl (C=O) groups is 2. The molecule has 0 bridgehead atoms. The summed E-state index contributed by atoms with van der Waals surface area (Å²) in [5, 5.41) is 0. The number of rotatable bonds is 7. The smallest absolute Gasteiger partial charge is 0.225 e. The monoisotopic (exact) mass is 413 g/mol. The second-order valence-corrected chi connectivity index (χ2v) is 7.00. The number of benzene rings is 2. The molecule has 1 heterocycles. The summed E-state index contributed by atoms with van der Waals surface area (Å²) < 4.78 is 0. The van der Waals surface area contributed by atoms with Crippen LogP contribution in [-0.2, 0) is 16.0 Å². The average molecular weight is 414 g/mol. The molecule has 0 radical (unpaired) electrons. The quantitative estimate of drug-likeness (QED) is 0.756. The van der Waals surface area contributed by atoms with Crippen LogP contribution in [0.3, 0.4) is 0 Å². The molecular formula is C23H28ClN3O2. The Kier molecular flexibility index (Phi) is 8.43. The van der Waals surface area contributed by atoms with Gasteiger partial charge < -0.3 is 15.5 Å². The predicted octanol–water partition coefficient (Wildman–Crippen LogP) is 3.40. The van der Waals surface area contributed by atoms with Gasteiger partial charge in [-0.1, -0.05) is 54.6 Å². The van der Waals surface area contributed by atoms with Crippen LogP contribution in [0.15, 0.2) is 60.8 Å². The lowest BCUT2D eigenvalue weighted by Crippen LogP contribution is -2.40. The van der Waals surface area contributed by atoms with Crippen molar-refractivity contribution in [3.63, 3.8) is 0 Å². The molecule has 0 aromatic heterocycles. The maximum absolute atomic E-state index is 13.1. The zero-order chi connectivity index (χ0) is 19.9. The number of halogens is 1. The summed E-state index contributed by atoms with van der Waals surface area (Å²) in [5.74, 6) is -0.0547. The van der Waals surface area contributed by atoms with Crippen LogP contribution in [0.1, 0.15) is 36.1 Å². The molecule has 2 amide bonds. The molecule has 154 valence electrons. The zero-order valence-electron chi connectivity index (χ0n) is 16.7. The highest BCUT2D eigenvalue weighted by atomic mass is 35.5. The first-order chi connectivity index (χ1) is 13.6. The van der Waals surface area contributed by atoms with Crippen LogP contribution in [0.5, 0.6) is 0 Å². The molecule has 0 aliphatic carbocycles. The van der Waals surface area contributed by atoms with Crippen LogP contribution in [0, 0.1) is 0 Å². The summed E-state index contributed by atoms with van der Waals surface area (Å²) in [5.41, 5.74) is 8.99. The zero-order valence-corrected chi connectivity index (χ0v) is 17.5. The lowest BCUT2D eigenvalue weighted by molar-refractivity contribution is -0.134. The predicted molar refractivity (Wildman–Crippen MR) is 118 cm³/mol. The maximum Gasteiger partial charge on any atom is 0.225 e. The maximum atomic E-state index is 13.1. The lowest BCUT2D eigenvalue weighted by Gasteiger charge is -2.34. The van der Waals surface area contributed by atoms with Crippen molar-refractivity contribution in [3.8, 4) is 0 Å². The number of hydrogen-bond acceptors (Lipinski definition) is 3. The van der Waals surface area contributed by atoms with E-state index in [1.165, 1.54) is 12.5 Å². The largest absolute Gasteiger partial charge is 0.341 e. The van der Waals surface area contributed by atoms with Gasteiger partial charge in [-0.15, -0.1) is 12.4 Å². The third kappa shape index (κ3) is 5.68. The van der Waals surface area contributed by atoms with Crippen LogP contribution in [0.4, 0.5) is 0 Å². The molecule has 6 heteroatoms. The topological polar surface area (TPSA) is 66.6 Å². The Balaban J connectivity index is 0.00000300. The summed E-state index contributed by atoms with van der Waals surface area (Å²) in [4.78, 5) is 28.7. The minimum Gasteiger partial charge on any atom is -0.341 e. The van der Waals surface area contributed by atoms with Gasteiger partial charge in [0.1, 0.15) is 0 Å². The van der Waals surface area contributed by atoms with Gasteiger partial charge >= 0.3 is 0 Å². The third-order valence-corrected chi connectivity index (χ3v) is 5.10. The minimum atomic E-state index is -0.289. The normalized spacial score (nSPS) is 14.7. The molecule has 0 saturated carbocycles. The Morgan fingerprint density at radius 3 is 2.41 bits per heavy atom. The van der Waals surface area contributed by atoms with Crippen molar-refractivity contribution in [2.24, 2.45) is 5.73 Å². The van der Waals surface area contributed by atoms with E-state index < -0.39 is 0 Å². The number of fused-ring (bicyclic) bond motifs is 1. The molecule has 1 aliphatic heterocycles. The van der Waals surface area contributed by atoms with E-state index in [4.69, 9.17) is 5.73 Å². The first kappa shape index (κ1) is 22.7. The SMILES string of the molecule is CC(=O)N1C=Cc2ccccc2C1CC(=O)N(CCN)CCc1ccccc1.Cl. The van der Waals surface area contributed by atoms with Gasteiger partial charge in [-0.05, 0) is 29.2 Å². The number of hydrogen-bond donors (Lipinski definition) is 1. The molecule has 3 rings (SSSR count). The van der Waals surface area contributed by atoms with Crippen LogP contribution < -0.4 is 5.73 Å². The highest BCUT2D eigenvalue weighted by Crippen LogP contribution is 2.33. The summed E-state index contributed by atoms with van der Waals surface area (Å²) >= 11 is 0. The van der Waals surface area contributed by atoms with Crippen molar-refractivity contribution in [2.75, 3.05) is 19.6 Å². The van der Waals surface area contributed by atoms with Crippen molar-refractivity contribution in [1.29, 1.82) is 0 Å². The fraction of sp³-hybridized carbons (Fsp3) is 0.304. The van der Waals surface area contributed by atoms with Gasteiger partial charge in [-0.2, -0.15) is 0 Å². The van der Waals surface area contributed by atoms with Gasteiger partial charge in [0, 0.05) is 32.8 Å². The Morgan fingerprint density at radius 1 is 1.03 bits per heavy atom. The molecule has 2 aromatic carbocycles. The van der Waals surface area contributed by atoms with Gasteiger partial charge in [-0.25, -0.2) is 0 Å². The molecule has 1 atom stereocenters. The fourth-order valence-electron chi connectivity index (χ4n) is 3.63. The molecule has 5 nitrogen and oxygen atoms in total. The second kappa shape index (κ2) is 10.8. The Labute approximate surface area is 178 Å². The van der Waals surface area contributed by atoms with E-state index in [0.29, 0.717) is 19.6 Å². The van der Waals surface area contributed by atoms with E-state index in [1.54, 1.807) is 11.1 Å². The summed E-state index contributed by atoms with van der Waals surface area (Å²) in [6.07, 6.45) is 4.73. The Morgan fingerprint density at radius 2 is 1.72 bits per heavy atom. The average Bonchev–Trinajstić information content (AvgIpc) is 2.71. The van der Waals surface area contributed by atoms with Crippen LogP contribution in [0.2, 0.25) is 0 Å². The molecule has 2 N–H and O–H groups in total. The molecule has 0 spiro atoms. The van der Waals surface area contributed by atoms with Gasteiger partial charge in [0.05, 0.1) is 12.5 Å². The molecule has 1 unspecified atom stereocenters. The summed E-state index contributed by atoms with van der Waals surface area (Å²) in [6, 6.07) is 17.7. The third-order valence-electron chi connectivity index (χ3n) is 5.10. The standard InChI is InChI=1S/C23H27N3O2.ClH/c1-18(27)26-15-12-20-9-5-6-10-21(20)22(26)17-23(28)25(16-13-24)14-11-19-7-3-2-4-8-19;/h2-10,12,15,22H,11,13-14,16-17,24H2,1H3;1H. The number of amides is 2. The number of nitrogens with zero attached hydrogens (tertiary/aromatic N) is 2. The molecule has 2 aromatic rings. The van der Waals surface area contributed by atoms with E-state index in [1.807, 2.05) is 53.4 Å². The molecule has 1 aliphatic rings. The second-order valence-electron chi connectivity index (χ2n) is 7.00. The number of nitrogens with two attached hydrogens (primary N) is 1. The van der Waals surface area contributed by atoms with Crippen molar-refractivity contribution in [1.82, 2.24) is 9.80 Å². The highest BCUT2D eigenvalue weighted by molar-refractivity contribution is 5.85.